The molecule has 22 heavy (non-hydrogen) atoms. The van der Waals surface area contributed by atoms with Crippen LogP contribution in [-0.2, 0) is 6.42 Å². The number of benzene rings is 1. The third-order valence-electron chi connectivity index (χ3n) is 3.52. The zero-order valence-corrected chi connectivity index (χ0v) is 16.1. The number of aliphatic imine (C=N–C) groups is 1. The van der Waals surface area contributed by atoms with E-state index in [1.807, 2.05) is 18.2 Å². The van der Waals surface area contributed by atoms with E-state index in [0.717, 1.165) is 43.5 Å². The van der Waals surface area contributed by atoms with E-state index in [9.17, 15) is 0 Å². The van der Waals surface area contributed by atoms with Crippen LogP contribution < -0.4 is 20.1 Å². The van der Waals surface area contributed by atoms with E-state index in [-0.39, 0.29) is 29.4 Å². The molecule has 0 bridgehead atoms. The Hall–Kier alpha value is -1.18. The van der Waals surface area contributed by atoms with Gasteiger partial charge < -0.3 is 20.1 Å². The Morgan fingerprint density at radius 1 is 1.18 bits per heavy atom. The highest BCUT2D eigenvalue weighted by Gasteiger charge is 2.21. The second-order valence-corrected chi connectivity index (χ2v) is 6.08. The minimum atomic E-state index is 0. The molecule has 0 saturated heterocycles. The van der Waals surface area contributed by atoms with Crippen molar-refractivity contribution >= 4 is 29.9 Å². The molecular weight excluding hydrogens is 393 g/mol. The van der Waals surface area contributed by atoms with Crippen molar-refractivity contribution in [2.45, 2.75) is 20.3 Å². The summed E-state index contributed by atoms with van der Waals surface area (Å²) in [5.74, 6) is 2.53. The maximum atomic E-state index is 5.28. The highest BCUT2D eigenvalue weighted by atomic mass is 127. The van der Waals surface area contributed by atoms with Crippen LogP contribution in [0.25, 0.3) is 0 Å². The van der Waals surface area contributed by atoms with E-state index in [1.165, 1.54) is 5.56 Å². The number of methoxy groups -OCH3 is 2. The fourth-order valence-corrected chi connectivity index (χ4v) is 2.18. The van der Waals surface area contributed by atoms with Gasteiger partial charge in [0.1, 0.15) is 11.5 Å². The number of guanidine groups is 1. The lowest BCUT2D eigenvalue weighted by atomic mass is 9.93. The van der Waals surface area contributed by atoms with E-state index in [0.29, 0.717) is 0 Å². The van der Waals surface area contributed by atoms with Crippen LogP contribution in [-0.4, -0.2) is 39.8 Å². The van der Waals surface area contributed by atoms with Crippen molar-refractivity contribution in [3.8, 4) is 11.5 Å². The lowest BCUT2D eigenvalue weighted by Crippen LogP contribution is -2.47. The first-order valence-corrected chi connectivity index (χ1v) is 7.26. The van der Waals surface area contributed by atoms with Crippen LogP contribution in [0.5, 0.6) is 11.5 Å². The lowest BCUT2D eigenvalue weighted by molar-refractivity contribution is 0.358. The molecule has 0 unspecified atom stereocenters. The van der Waals surface area contributed by atoms with Crippen molar-refractivity contribution < 1.29 is 9.47 Å². The summed E-state index contributed by atoms with van der Waals surface area (Å²) in [7, 11) is 3.33. The fraction of sp³-hybridized carbons (Fsp3) is 0.562. The molecule has 2 N–H and O–H groups in total. The van der Waals surface area contributed by atoms with Crippen LogP contribution in [0.4, 0.5) is 0 Å². The highest BCUT2D eigenvalue weighted by Crippen LogP contribution is 2.22. The van der Waals surface area contributed by atoms with E-state index in [2.05, 4.69) is 29.5 Å². The Kier molecular flexibility index (Phi) is 7.25. The second kappa shape index (κ2) is 8.45. The van der Waals surface area contributed by atoms with Crippen molar-refractivity contribution in [3.05, 3.63) is 23.8 Å². The molecule has 1 heterocycles. The monoisotopic (exact) mass is 419 g/mol. The van der Waals surface area contributed by atoms with Gasteiger partial charge in [-0.05, 0) is 24.1 Å². The molecule has 0 amide bonds. The Bertz CT molecular complexity index is 496. The summed E-state index contributed by atoms with van der Waals surface area (Å²) in [5.41, 5.74) is 1.42. The van der Waals surface area contributed by atoms with Gasteiger partial charge in [0.25, 0.3) is 0 Å². The first-order chi connectivity index (χ1) is 10.0. The number of rotatable bonds is 5. The van der Waals surface area contributed by atoms with Crippen molar-refractivity contribution in [2.75, 3.05) is 33.9 Å². The van der Waals surface area contributed by atoms with Gasteiger partial charge in [-0.1, -0.05) is 13.8 Å². The van der Waals surface area contributed by atoms with Gasteiger partial charge in [0, 0.05) is 31.1 Å². The fourth-order valence-electron chi connectivity index (χ4n) is 2.18. The third kappa shape index (κ3) is 5.55. The van der Waals surface area contributed by atoms with Crippen LogP contribution in [0.15, 0.2) is 23.2 Å². The predicted octanol–water partition coefficient (Wildman–Crippen LogP) is 2.44. The molecule has 0 atom stereocenters. The van der Waals surface area contributed by atoms with Gasteiger partial charge in [-0.2, -0.15) is 0 Å². The van der Waals surface area contributed by atoms with Gasteiger partial charge >= 0.3 is 0 Å². The Labute approximate surface area is 149 Å². The van der Waals surface area contributed by atoms with Gasteiger partial charge in [0.15, 0.2) is 5.96 Å². The van der Waals surface area contributed by atoms with Gasteiger partial charge in [-0.3, -0.25) is 4.99 Å². The predicted molar refractivity (Wildman–Crippen MR) is 101 cm³/mol. The molecule has 0 aromatic heterocycles. The topological polar surface area (TPSA) is 54.9 Å². The molecule has 0 radical (unpaired) electrons. The number of nitrogens with one attached hydrogen (secondary N) is 2. The molecule has 1 aromatic carbocycles. The molecule has 6 heteroatoms. The number of nitrogens with zero attached hydrogens (tertiary/aromatic N) is 1. The molecule has 0 fully saturated rings. The Morgan fingerprint density at radius 2 is 1.82 bits per heavy atom. The largest absolute Gasteiger partial charge is 0.497 e. The molecule has 0 aliphatic carbocycles. The minimum absolute atomic E-state index is 0. The van der Waals surface area contributed by atoms with E-state index in [4.69, 9.17) is 9.47 Å². The van der Waals surface area contributed by atoms with Gasteiger partial charge in [0.05, 0.1) is 14.2 Å². The molecule has 2 rings (SSSR count). The summed E-state index contributed by atoms with van der Waals surface area (Å²) in [6.07, 6.45) is 0.887. The first-order valence-electron chi connectivity index (χ1n) is 7.26. The quantitative estimate of drug-likeness (QED) is 0.721. The summed E-state index contributed by atoms with van der Waals surface area (Å²) >= 11 is 0. The van der Waals surface area contributed by atoms with Gasteiger partial charge in [-0.15, -0.1) is 24.0 Å². The summed E-state index contributed by atoms with van der Waals surface area (Å²) in [6, 6.07) is 5.94. The van der Waals surface area contributed by atoms with Crippen molar-refractivity contribution in [1.82, 2.24) is 10.6 Å². The smallest absolute Gasteiger partial charge is 0.191 e. The minimum Gasteiger partial charge on any atom is -0.497 e. The summed E-state index contributed by atoms with van der Waals surface area (Å²) < 4.78 is 10.6. The van der Waals surface area contributed by atoms with Crippen LogP contribution in [0.3, 0.4) is 0 Å². The molecule has 0 saturated carbocycles. The number of ether oxygens (including phenoxy) is 2. The van der Waals surface area contributed by atoms with E-state index >= 15 is 0 Å². The Morgan fingerprint density at radius 3 is 2.32 bits per heavy atom. The summed E-state index contributed by atoms with van der Waals surface area (Å²) in [5, 5.41) is 6.67. The standard InChI is InChI=1S/C16H25N3O2.HI/c1-16(2)10-18-15(19-11-16)17-6-5-12-7-13(20-3)9-14(8-12)21-4;/h7-9H,5-6,10-11H2,1-4H3,(H2,17,18,19);1H. The number of hydrogen-bond acceptors (Lipinski definition) is 5. The molecule has 1 aliphatic rings. The van der Waals surface area contributed by atoms with Gasteiger partial charge in [0.2, 0.25) is 0 Å². The summed E-state index contributed by atoms with van der Waals surface area (Å²) in [6.45, 7) is 7.05. The number of hydrogen-bond donors (Lipinski definition) is 2. The zero-order chi connectivity index (χ0) is 15.3. The highest BCUT2D eigenvalue weighted by molar-refractivity contribution is 14.0. The summed E-state index contributed by atoms with van der Waals surface area (Å²) in [4.78, 5) is 4.53. The molecule has 1 aliphatic heterocycles. The van der Waals surface area contributed by atoms with Crippen LogP contribution in [0, 0.1) is 5.41 Å². The lowest BCUT2D eigenvalue weighted by Gasteiger charge is -2.29. The van der Waals surface area contributed by atoms with Crippen molar-refractivity contribution in [1.29, 1.82) is 0 Å². The molecule has 0 spiro atoms. The van der Waals surface area contributed by atoms with Gasteiger partial charge in [-0.25, -0.2) is 0 Å². The molecule has 5 nitrogen and oxygen atoms in total. The number of halogens is 1. The average Bonchev–Trinajstić information content (AvgIpc) is 2.48. The zero-order valence-electron chi connectivity index (χ0n) is 13.7. The van der Waals surface area contributed by atoms with Crippen LogP contribution in [0.2, 0.25) is 0 Å². The maximum Gasteiger partial charge on any atom is 0.191 e. The van der Waals surface area contributed by atoms with Crippen molar-refractivity contribution in [2.24, 2.45) is 10.4 Å². The SMILES string of the molecule is COc1cc(CCNC2=NCC(C)(C)CN2)cc(OC)c1.I. The van der Waals surface area contributed by atoms with Crippen molar-refractivity contribution in [3.63, 3.8) is 0 Å². The molecular formula is C16H26IN3O2. The van der Waals surface area contributed by atoms with E-state index in [1.54, 1.807) is 14.2 Å². The first kappa shape index (κ1) is 18.9. The molecule has 124 valence electrons. The normalized spacial score (nSPS) is 15.9. The van der Waals surface area contributed by atoms with Crippen LogP contribution in [0.1, 0.15) is 19.4 Å². The third-order valence-corrected chi connectivity index (χ3v) is 3.52. The second-order valence-electron chi connectivity index (χ2n) is 6.08. The molecule has 1 aromatic rings. The van der Waals surface area contributed by atoms with Crippen LogP contribution >= 0.6 is 24.0 Å². The Balaban J connectivity index is 0.00000242. The van der Waals surface area contributed by atoms with E-state index < -0.39 is 0 Å². The average molecular weight is 419 g/mol. The maximum absolute atomic E-state index is 5.28.